The van der Waals surface area contributed by atoms with E-state index in [2.05, 4.69) is 42.9 Å². The van der Waals surface area contributed by atoms with Gasteiger partial charge in [-0.25, -0.2) is 4.57 Å². The van der Waals surface area contributed by atoms with E-state index in [1.165, 1.54) is 115 Å². The predicted octanol–water partition coefficient (Wildman–Crippen LogP) is 7.41. The molecule has 0 spiro atoms. The minimum Gasteiger partial charge on any atom is -0.205 e. The molecule has 1 aromatic rings. The average Bonchev–Trinajstić information content (AvgIpc) is 2.64. The lowest BCUT2D eigenvalue weighted by Crippen LogP contribution is -2.33. The van der Waals surface area contributed by atoms with Gasteiger partial charge in [-0.05, 0) is 25.3 Å². The van der Waals surface area contributed by atoms with Crippen LogP contribution in [0.4, 0.5) is 0 Å². The van der Waals surface area contributed by atoms with Gasteiger partial charge in [0.1, 0.15) is 6.54 Å². The molecule has 0 radical (unpaired) electrons. The van der Waals surface area contributed by atoms with Gasteiger partial charge in [-0.1, -0.05) is 90.9 Å². The molecule has 0 aliphatic carbocycles. The molecule has 1 rings (SSSR count). The first-order chi connectivity index (χ1) is 12.4. The first-order valence-electron chi connectivity index (χ1n) is 11.3. The van der Waals surface area contributed by atoms with E-state index in [0.29, 0.717) is 0 Å². The van der Waals surface area contributed by atoms with Gasteiger partial charge in [-0.3, -0.25) is 0 Å². The summed E-state index contributed by atoms with van der Waals surface area (Å²) >= 11 is 0. The summed E-state index contributed by atoms with van der Waals surface area (Å²) in [6.07, 6.45) is 27.0. The molecule has 1 heteroatoms. The number of rotatable bonds is 17. The number of hydrogen-bond acceptors (Lipinski definition) is 0. The Balaban J connectivity index is 1.90. The molecule has 0 fully saturated rings. The lowest BCUT2D eigenvalue weighted by Gasteiger charge is -2.03. The highest BCUT2D eigenvalue weighted by molar-refractivity contribution is 5.05. The maximum absolute atomic E-state index is 2.39. The van der Waals surface area contributed by atoms with Crippen molar-refractivity contribution >= 4 is 0 Å². The van der Waals surface area contributed by atoms with Gasteiger partial charge in [0.15, 0.2) is 12.4 Å². The number of unbranched alkanes of at least 4 members (excludes halogenated alkanes) is 13. The second kappa shape index (κ2) is 16.6. The highest BCUT2D eigenvalue weighted by Gasteiger charge is 2.02. The van der Waals surface area contributed by atoms with E-state index in [9.17, 15) is 0 Å². The van der Waals surface area contributed by atoms with Crippen LogP contribution in [0.1, 0.15) is 116 Å². The first-order valence-corrected chi connectivity index (χ1v) is 11.3. The van der Waals surface area contributed by atoms with Crippen molar-refractivity contribution in [3.05, 3.63) is 30.1 Å². The zero-order chi connectivity index (χ0) is 18.0. The van der Waals surface area contributed by atoms with Gasteiger partial charge in [-0.2, -0.15) is 0 Å². The molecule has 0 bridgehead atoms. The minimum atomic E-state index is 1.19. The molecule has 0 saturated heterocycles. The van der Waals surface area contributed by atoms with Crippen LogP contribution >= 0.6 is 0 Å². The maximum Gasteiger partial charge on any atom is 0.171 e. The van der Waals surface area contributed by atoms with Gasteiger partial charge in [0.05, 0.1) is 0 Å². The van der Waals surface area contributed by atoms with Crippen LogP contribution in [-0.4, -0.2) is 0 Å². The largest absolute Gasteiger partial charge is 0.205 e. The summed E-state index contributed by atoms with van der Waals surface area (Å²) in [7, 11) is 0. The highest BCUT2D eigenvalue weighted by atomic mass is 14.9. The first kappa shape index (κ1) is 22.2. The molecule has 1 heterocycles. The lowest BCUT2D eigenvalue weighted by molar-refractivity contribution is -0.697. The Morgan fingerprint density at radius 3 is 1.72 bits per heavy atom. The van der Waals surface area contributed by atoms with Crippen molar-refractivity contribution in [1.82, 2.24) is 0 Å². The fraction of sp³-hybridized carbons (Fsp3) is 0.792. The summed E-state index contributed by atoms with van der Waals surface area (Å²) in [5.41, 5.74) is 1.50. The Kier molecular flexibility index (Phi) is 14.7. The number of aromatic nitrogens is 1. The van der Waals surface area contributed by atoms with E-state index in [-0.39, 0.29) is 0 Å². The zero-order valence-electron chi connectivity index (χ0n) is 17.3. The van der Waals surface area contributed by atoms with Crippen molar-refractivity contribution in [2.24, 2.45) is 0 Å². The third kappa shape index (κ3) is 13.1. The molecular formula is C24H44N+. The number of pyridine rings is 1. The standard InChI is InChI=1S/C24H44N/c1-3-5-7-8-9-10-11-12-13-14-15-16-17-21-25-22-18-20-24(23-25)19-6-4-2/h18,20,22-23H,3-17,19,21H2,1-2H3/q+1. The molecule has 0 atom stereocenters. The Labute approximate surface area is 158 Å². The van der Waals surface area contributed by atoms with Crippen LogP contribution in [0, 0.1) is 0 Å². The van der Waals surface area contributed by atoms with Crippen molar-refractivity contribution in [2.45, 2.75) is 123 Å². The van der Waals surface area contributed by atoms with Gasteiger partial charge in [0.25, 0.3) is 0 Å². The summed E-state index contributed by atoms with van der Waals surface area (Å²) in [4.78, 5) is 0. The SMILES string of the molecule is CCCCCCCCCCCCCCC[n+]1cccc(CCCC)c1. The van der Waals surface area contributed by atoms with Crippen molar-refractivity contribution < 1.29 is 4.57 Å². The minimum absolute atomic E-state index is 1.19. The van der Waals surface area contributed by atoms with Crippen LogP contribution in [-0.2, 0) is 13.0 Å². The quantitative estimate of drug-likeness (QED) is 0.204. The monoisotopic (exact) mass is 346 g/mol. The molecule has 25 heavy (non-hydrogen) atoms. The van der Waals surface area contributed by atoms with Crippen LogP contribution < -0.4 is 4.57 Å². The number of nitrogens with zero attached hydrogens (tertiary/aromatic N) is 1. The fourth-order valence-corrected chi connectivity index (χ4v) is 3.56. The smallest absolute Gasteiger partial charge is 0.171 e. The van der Waals surface area contributed by atoms with Gasteiger partial charge in [0.2, 0.25) is 0 Å². The van der Waals surface area contributed by atoms with Gasteiger partial charge < -0.3 is 0 Å². The lowest BCUT2D eigenvalue weighted by atomic mass is 10.0. The van der Waals surface area contributed by atoms with E-state index >= 15 is 0 Å². The van der Waals surface area contributed by atoms with Crippen molar-refractivity contribution in [2.75, 3.05) is 0 Å². The maximum atomic E-state index is 2.39. The van der Waals surface area contributed by atoms with Gasteiger partial charge >= 0.3 is 0 Å². The molecular weight excluding hydrogens is 302 g/mol. The van der Waals surface area contributed by atoms with E-state index in [1.54, 1.807) is 0 Å². The molecule has 0 aliphatic rings. The Hall–Kier alpha value is -0.850. The van der Waals surface area contributed by atoms with E-state index in [4.69, 9.17) is 0 Å². The fourth-order valence-electron chi connectivity index (χ4n) is 3.56. The molecule has 0 unspecified atom stereocenters. The normalized spacial score (nSPS) is 11.1. The topological polar surface area (TPSA) is 3.88 Å². The van der Waals surface area contributed by atoms with E-state index < -0.39 is 0 Å². The third-order valence-electron chi connectivity index (χ3n) is 5.26. The summed E-state index contributed by atoms with van der Waals surface area (Å²) in [6, 6.07) is 4.49. The highest BCUT2D eigenvalue weighted by Crippen LogP contribution is 2.12. The Morgan fingerprint density at radius 1 is 0.640 bits per heavy atom. The summed E-state index contributed by atoms with van der Waals surface area (Å²) < 4.78 is 2.39. The Morgan fingerprint density at radius 2 is 1.16 bits per heavy atom. The van der Waals surface area contributed by atoms with E-state index in [1.807, 2.05) is 0 Å². The summed E-state index contributed by atoms with van der Waals surface area (Å²) in [5.74, 6) is 0. The average molecular weight is 347 g/mol. The van der Waals surface area contributed by atoms with Gasteiger partial charge in [-0.15, -0.1) is 0 Å². The number of hydrogen-bond donors (Lipinski definition) is 0. The predicted molar refractivity (Wildman–Crippen MR) is 111 cm³/mol. The van der Waals surface area contributed by atoms with Crippen molar-refractivity contribution in [3.8, 4) is 0 Å². The van der Waals surface area contributed by atoms with Crippen molar-refractivity contribution in [1.29, 1.82) is 0 Å². The summed E-state index contributed by atoms with van der Waals surface area (Å²) in [5, 5.41) is 0. The molecule has 1 nitrogen and oxygen atoms in total. The molecule has 0 amide bonds. The molecule has 0 saturated carbocycles. The van der Waals surface area contributed by atoms with Crippen LogP contribution in [0.3, 0.4) is 0 Å². The van der Waals surface area contributed by atoms with Crippen LogP contribution in [0.15, 0.2) is 24.5 Å². The molecule has 0 N–H and O–H groups in total. The Bertz CT molecular complexity index is 399. The zero-order valence-corrected chi connectivity index (χ0v) is 17.3. The molecule has 1 aromatic heterocycles. The summed E-state index contributed by atoms with van der Waals surface area (Å²) in [6.45, 7) is 5.76. The third-order valence-corrected chi connectivity index (χ3v) is 5.26. The molecule has 0 aliphatic heterocycles. The van der Waals surface area contributed by atoms with E-state index in [0.717, 1.165) is 0 Å². The second-order valence-corrected chi connectivity index (χ2v) is 7.80. The van der Waals surface area contributed by atoms with Gasteiger partial charge in [0, 0.05) is 18.1 Å². The van der Waals surface area contributed by atoms with Crippen LogP contribution in [0.5, 0.6) is 0 Å². The number of aryl methyl sites for hydroxylation is 2. The molecule has 144 valence electrons. The van der Waals surface area contributed by atoms with Crippen LogP contribution in [0.25, 0.3) is 0 Å². The molecule has 0 aromatic carbocycles. The second-order valence-electron chi connectivity index (χ2n) is 7.80. The van der Waals surface area contributed by atoms with Crippen LogP contribution in [0.2, 0.25) is 0 Å². The van der Waals surface area contributed by atoms with Crippen molar-refractivity contribution in [3.63, 3.8) is 0 Å².